The zero-order chi connectivity index (χ0) is 14.7. The summed E-state index contributed by atoms with van der Waals surface area (Å²) in [7, 11) is 0. The van der Waals surface area contributed by atoms with Crippen LogP contribution in [0, 0.1) is 5.92 Å². The SMILES string of the molecule is CCC1C(=O)NC(CC(C)C)C(=O)N1Cc1ccoc1. The Morgan fingerprint density at radius 1 is 1.40 bits per heavy atom. The number of furan rings is 1. The number of amides is 2. The predicted molar refractivity (Wildman–Crippen MR) is 74.7 cm³/mol. The van der Waals surface area contributed by atoms with Crippen molar-refractivity contribution >= 4 is 11.8 Å². The third kappa shape index (κ3) is 3.03. The Kier molecular flexibility index (Phi) is 4.47. The Balaban J connectivity index is 2.18. The maximum absolute atomic E-state index is 12.6. The molecule has 0 radical (unpaired) electrons. The van der Waals surface area contributed by atoms with Crippen molar-refractivity contribution in [2.45, 2.75) is 52.2 Å². The van der Waals surface area contributed by atoms with E-state index in [2.05, 4.69) is 5.32 Å². The van der Waals surface area contributed by atoms with Crippen molar-refractivity contribution in [3.8, 4) is 0 Å². The number of piperazine rings is 1. The molecular formula is C15H22N2O3. The molecule has 5 heteroatoms. The van der Waals surface area contributed by atoms with Crippen LogP contribution in [-0.4, -0.2) is 28.8 Å². The summed E-state index contributed by atoms with van der Waals surface area (Å²) >= 11 is 0. The number of hydrogen-bond acceptors (Lipinski definition) is 3. The van der Waals surface area contributed by atoms with E-state index in [1.807, 2.05) is 26.8 Å². The van der Waals surface area contributed by atoms with Crippen molar-refractivity contribution < 1.29 is 14.0 Å². The summed E-state index contributed by atoms with van der Waals surface area (Å²) in [5.41, 5.74) is 0.912. The Morgan fingerprint density at radius 2 is 2.15 bits per heavy atom. The highest BCUT2D eigenvalue weighted by atomic mass is 16.3. The smallest absolute Gasteiger partial charge is 0.246 e. The number of carbonyl (C=O) groups is 2. The molecule has 0 bridgehead atoms. The first-order chi connectivity index (χ1) is 9.52. The molecule has 1 N–H and O–H groups in total. The van der Waals surface area contributed by atoms with Crippen molar-refractivity contribution in [1.29, 1.82) is 0 Å². The van der Waals surface area contributed by atoms with E-state index in [1.54, 1.807) is 17.4 Å². The average molecular weight is 278 g/mol. The van der Waals surface area contributed by atoms with Gasteiger partial charge in [-0.25, -0.2) is 0 Å². The third-order valence-corrected chi connectivity index (χ3v) is 3.60. The Labute approximate surface area is 119 Å². The molecule has 110 valence electrons. The molecule has 2 unspecified atom stereocenters. The van der Waals surface area contributed by atoms with Gasteiger partial charge >= 0.3 is 0 Å². The van der Waals surface area contributed by atoms with Gasteiger partial charge in [-0.2, -0.15) is 0 Å². The van der Waals surface area contributed by atoms with Crippen molar-refractivity contribution in [3.63, 3.8) is 0 Å². The van der Waals surface area contributed by atoms with E-state index >= 15 is 0 Å². The Bertz CT molecular complexity index is 467. The van der Waals surface area contributed by atoms with Crippen molar-refractivity contribution in [2.75, 3.05) is 0 Å². The molecule has 1 aromatic rings. The topological polar surface area (TPSA) is 62.6 Å². The molecule has 1 fully saturated rings. The van der Waals surface area contributed by atoms with E-state index in [0.717, 1.165) is 5.56 Å². The van der Waals surface area contributed by atoms with Crippen LogP contribution in [-0.2, 0) is 16.1 Å². The van der Waals surface area contributed by atoms with E-state index in [4.69, 9.17) is 4.42 Å². The second-order valence-corrected chi connectivity index (χ2v) is 5.71. The molecule has 1 saturated heterocycles. The van der Waals surface area contributed by atoms with Crippen LogP contribution >= 0.6 is 0 Å². The summed E-state index contributed by atoms with van der Waals surface area (Å²) in [6, 6.07) is 1.03. The number of nitrogens with zero attached hydrogens (tertiary/aromatic N) is 1. The molecule has 2 amide bonds. The van der Waals surface area contributed by atoms with Gasteiger partial charge in [0, 0.05) is 12.1 Å². The van der Waals surface area contributed by atoms with Crippen LogP contribution in [0.5, 0.6) is 0 Å². The summed E-state index contributed by atoms with van der Waals surface area (Å²) in [6.45, 7) is 6.44. The van der Waals surface area contributed by atoms with Crippen LogP contribution in [0.3, 0.4) is 0 Å². The standard InChI is InChI=1S/C15H22N2O3/c1-4-13-14(18)16-12(7-10(2)3)15(19)17(13)8-11-5-6-20-9-11/h5-6,9-10,12-13H,4,7-8H2,1-3H3,(H,16,18). The summed E-state index contributed by atoms with van der Waals surface area (Å²) in [5, 5.41) is 2.85. The van der Waals surface area contributed by atoms with Gasteiger partial charge in [-0.05, 0) is 24.8 Å². The lowest BCUT2D eigenvalue weighted by atomic mass is 9.97. The fraction of sp³-hybridized carbons (Fsp3) is 0.600. The Morgan fingerprint density at radius 3 is 2.70 bits per heavy atom. The lowest BCUT2D eigenvalue weighted by molar-refractivity contribution is -0.150. The zero-order valence-electron chi connectivity index (χ0n) is 12.3. The minimum absolute atomic E-state index is 0.00588. The highest BCUT2D eigenvalue weighted by Gasteiger charge is 2.39. The van der Waals surface area contributed by atoms with Gasteiger partial charge in [0.25, 0.3) is 0 Å². The molecule has 5 nitrogen and oxygen atoms in total. The largest absolute Gasteiger partial charge is 0.472 e. The number of nitrogens with one attached hydrogen (secondary N) is 1. The molecule has 2 atom stereocenters. The summed E-state index contributed by atoms with van der Waals surface area (Å²) < 4.78 is 5.04. The number of rotatable bonds is 5. The first-order valence-corrected chi connectivity index (χ1v) is 7.14. The van der Waals surface area contributed by atoms with Crippen molar-refractivity contribution in [3.05, 3.63) is 24.2 Å². The van der Waals surface area contributed by atoms with Crippen LogP contribution < -0.4 is 5.32 Å². The second kappa shape index (κ2) is 6.11. The van der Waals surface area contributed by atoms with Gasteiger partial charge in [-0.1, -0.05) is 20.8 Å². The maximum Gasteiger partial charge on any atom is 0.246 e. The molecule has 1 aliphatic heterocycles. The monoisotopic (exact) mass is 278 g/mol. The van der Waals surface area contributed by atoms with E-state index in [0.29, 0.717) is 25.3 Å². The third-order valence-electron chi connectivity index (χ3n) is 3.60. The lowest BCUT2D eigenvalue weighted by Gasteiger charge is -2.39. The summed E-state index contributed by atoms with van der Waals surface area (Å²) in [6.07, 6.45) is 4.48. The molecular weight excluding hydrogens is 256 g/mol. The summed E-state index contributed by atoms with van der Waals surface area (Å²) in [5.74, 6) is 0.311. The van der Waals surface area contributed by atoms with Crippen molar-refractivity contribution in [1.82, 2.24) is 10.2 Å². The van der Waals surface area contributed by atoms with Crippen LogP contribution in [0.1, 0.15) is 39.2 Å². The van der Waals surface area contributed by atoms with Crippen LogP contribution in [0.15, 0.2) is 23.0 Å². The quantitative estimate of drug-likeness (QED) is 0.895. The van der Waals surface area contributed by atoms with E-state index in [9.17, 15) is 9.59 Å². The molecule has 1 aromatic heterocycles. The van der Waals surface area contributed by atoms with Gasteiger partial charge in [-0.15, -0.1) is 0 Å². The molecule has 1 aliphatic rings. The lowest BCUT2D eigenvalue weighted by Crippen LogP contribution is -2.62. The molecule has 0 aromatic carbocycles. The van der Waals surface area contributed by atoms with E-state index in [-0.39, 0.29) is 17.9 Å². The molecule has 2 heterocycles. The van der Waals surface area contributed by atoms with Gasteiger partial charge in [-0.3, -0.25) is 9.59 Å². The normalized spacial score (nSPS) is 23.3. The van der Waals surface area contributed by atoms with Crippen LogP contribution in [0.25, 0.3) is 0 Å². The van der Waals surface area contributed by atoms with E-state index in [1.165, 1.54) is 0 Å². The first kappa shape index (κ1) is 14.6. The summed E-state index contributed by atoms with van der Waals surface area (Å²) in [4.78, 5) is 26.4. The van der Waals surface area contributed by atoms with E-state index < -0.39 is 6.04 Å². The zero-order valence-corrected chi connectivity index (χ0v) is 12.3. The fourth-order valence-corrected chi connectivity index (χ4v) is 2.63. The van der Waals surface area contributed by atoms with Gasteiger partial charge < -0.3 is 14.6 Å². The number of carbonyl (C=O) groups excluding carboxylic acids is 2. The maximum atomic E-state index is 12.6. The fourth-order valence-electron chi connectivity index (χ4n) is 2.63. The molecule has 2 rings (SSSR count). The van der Waals surface area contributed by atoms with Gasteiger partial charge in [0.2, 0.25) is 11.8 Å². The second-order valence-electron chi connectivity index (χ2n) is 5.71. The molecule has 0 saturated carbocycles. The minimum atomic E-state index is -0.405. The predicted octanol–water partition coefficient (Wildman–Crippen LogP) is 1.93. The highest BCUT2D eigenvalue weighted by molar-refractivity contribution is 5.96. The molecule has 0 spiro atoms. The molecule has 0 aliphatic carbocycles. The minimum Gasteiger partial charge on any atom is -0.472 e. The van der Waals surface area contributed by atoms with Crippen molar-refractivity contribution in [2.24, 2.45) is 5.92 Å². The average Bonchev–Trinajstić information content (AvgIpc) is 2.88. The van der Waals surface area contributed by atoms with Gasteiger partial charge in [0.1, 0.15) is 12.1 Å². The van der Waals surface area contributed by atoms with Gasteiger partial charge in [0.05, 0.1) is 12.5 Å². The Hall–Kier alpha value is -1.78. The van der Waals surface area contributed by atoms with Crippen LogP contribution in [0.2, 0.25) is 0 Å². The molecule has 20 heavy (non-hydrogen) atoms. The highest BCUT2D eigenvalue weighted by Crippen LogP contribution is 2.20. The first-order valence-electron chi connectivity index (χ1n) is 7.14. The number of hydrogen-bond donors (Lipinski definition) is 1. The van der Waals surface area contributed by atoms with Crippen LogP contribution in [0.4, 0.5) is 0 Å². The van der Waals surface area contributed by atoms with Gasteiger partial charge in [0.15, 0.2) is 0 Å².